The molecule has 0 unspecified atom stereocenters. The van der Waals surface area contributed by atoms with Crippen LogP contribution in [0.4, 0.5) is 8.78 Å². The first kappa shape index (κ1) is 22.6. The molecule has 0 spiro atoms. The number of hydrogen-bond acceptors (Lipinski definition) is 6. The van der Waals surface area contributed by atoms with Crippen LogP contribution in [0.3, 0.4) is 0 Å². The lowest BCUT2D eigenvalue weighted by Gasteiger charge is -2.15. The van der Waals surface area contributed by atoms with Crippen LogP contribution in [0.15, 0.2) is 73.6 Å². The summed E-state index contributed by atoms with van der Waals surface area (Å²) < 4.78 is 27.3. The maximum atomic E-state index is 13.6. The van der Waals surface area contributed by atoms with Crippen molar-refractivity contribution in [2.45, 2.75) is 18.9 Å². The number of nitrogens with zero attached hydrogens (tertiary/aromatic N) is 6. The Bertz CT molecular complexity index is 1780. The molecule has 7 heterocycles. The third-order valence-corrected chi connectivity index (χ3v) is 6.93. The number of pyridine rings is 4. The van der Waals surface area contributed by atoms with Crippen molar-refractivity contribution >= 4 is 21.8 Å². The highest BCUT2D eigenvalue weighted by molar-refractivity contribution is 6.00. The number of likely N-dealkylation sites (tertiary alicyclic amines) is 1. The van der Waals surface area contributed by atoms with Gasteiger partial charge in [-0.1, -0.05) is 6.07 Å². The van der Waals surface area contributed by atoms with E-state index in [9.17, 15) is 8.78 Å². The van der Waals surface area contributed by atoms with Crippen LogP contribution in [-0.4, -0.2) is 59.0 Å². The number of aromatic nitrogens is 7. The van der Waals surface area contributed by atoms with Gasteiger partial charge >= 0.3 is 0 Å². The van der Waals surface area contributed by atoms with Crippen molar-refractivity contribution in [1.82, 2.24) is 40.0 Å². The molecule has 0 amide bonds. The van der Waals surface area contributed by atoms with Crippen molar-refractivity contribution in [3.63, 3.8) is 0 Å². The molecule has 1 aliphatic heterocycles. The highest BCUT2D eigenvalue weighted by Crippen LogP contribution is 2.34. The van der Waals surface area contributed by atoms with Gasteiger partial charge in [0.2, 0.25) is 0 Å². The lowest BCUT2D eigenvalue weighted by atomic mass is 10.1. The van der Waals surface area contributed by atoms with E-state index in [-0.39, 0.29) is 13.0 Å². The Hall–Kier alpha value is -4.57. The molecule has 2 N–H and O–H groups in total. The molecule has 0 saturated carbocycles. The van der Waals surface area contributed by atoms with Crippen LogP contribution in [0.2, 0.25) is 0 Å². The third kappa shape index (κ3) is 4.08. The molecule has 7 rings (SSSR count). The predicted molar refractivity (Wildman–Crippen MR) is 140 cm³/mol. The van der Waals surface area contributed by atoms with Gasteiger partial charge in [-0.15, -0.1) is 0 Å². The number of aromatic amines is 2. The lowest BCUT2D eigenvalue weighted by Crippen LogP contribution is -2.24. The SMILES string of the molecule is FC1(F)CCN(Cc2cncc(-c3cc4c(-c5cc6c(-c7ccccn7)cncc6[nH]5)n[nH]c4cn3)c2)C1. The average Bonchev–Trinajstić information content (AvgIpc) is 3.64. The molecule has 6 aromatic rings. The lowest BCUT2D eigenvalue weighted by molar-refractivity contribution is 0.0115. The molecule has 1 saturated heterocycles. The van der Waals surface area contributed by atoms with Crippen LogP contribution >= 0.6 is 0 Å². The maximum absolute atomic E-state index is 13.6. The Morgan fingerprint density at radius 3 is 2.66 bits per heavy atom. The van der Waals surface area contributed by atoms with Crippen molar-refractivity contribution in [1.29, 1.82) is 0 Å². The smallest absolute Gasteiger partial charge is 0.261 e. The van der Waals surface area contributed by atoms with Gasteiger partial charge in [0.15, 0.2) is 0 Å². The van der Waals surface area contributed by atoms with Gasteiger partial charge in [0.25, 0.3) is 5.92 Å². The first-order valence-corrected chi connectivity index (χ1v) is 12.3. The Kier molecular flexibility index (Phi) is 5.22. The van der Waals surface area contributed by atoms with Gasteiger partial charge in [0, 0.05) is 66.2 Å². The zero-order valence-electron chi connectivity index (χ0n) is 20.2. The molecule has 0 radical (unpaired) electrons. The van der Waals surface area contributed by atoms with E-state index in [4.69, 9.17) is 0 Å². The minimum absolute atomic E-state index is 0.102. The van der Waals surface area contributed by atoms with Crippen LogP contribution in [-0.2, 0) is 6.54 Å². The second-order valence-electron chi connectivity index (χ2n) is 9.63. The molecule has 0 aliphatic carbocycles. The fourth-order valence-corrected chi connectivity index (χ4v) is 5.10. The Balaban J connectivity index is 1.24. The average molecular weight is 509 g/mol. The summed E-state index contributed by atoms with van der Waals surface area (Å²) in [6.07, 6.45) is 10.5. The first-order valence-electron chi connectivity index (χ1n) is 12.3. The standard InChI is InChI=1S/C28H22F2N8/c29-28(30)4-6-38(16-28)15-17-7-18(11-31-10-17)23-9-20-26(14-34-23)36-37-27(20)24-8-19-21(12-32-13-25(19)35-24)22-3-1-2-5-33-22/h1-3,5,7-14,35H,4,6,15-16H2,(H,36,37). The van der Waals surface area contributed by atoms with Gasteiger partial charge in [-0.3, -0.25) is 29.9 Å². The number of fused-ring (bicyclic) bond motifs is 2. The van der Waals surface area contributed by atoms with Crippen LogP contribution < -0.4 is 0 Å². The van der Waals surface area contributed by atoms with Gasteiger partial charge in [-0.05, 0) is 35.9 Å². The highest BCUT2D eigenvalue weighted by atomic mass is 19.3. The largest absolute Gasteiger partial charge is 0.352 e. The minimum Gasteiger partial charge on any atom is -0.352 e. The van der Waals surface area contributed by atoms with Crippen molar-refractivity contribution in [3.05, 3.63) is 79.1 Å². The maximum Gasteiger partial charge on any atom is 0.261 e. The zero-order chi connectivity index (χ0) is 25.7. The monoisotopic (exact) mass is 508 g/mol. The molecular weight excluding hydrogens is 486 g/mol. The number of halogens is 2. The van der Waals surface area contributed by atoms with E-state index < -0.39 is 5.92 Å². The van der Waals surface area contributed by atoms with Crippen LogP contribution in [0.1, 0.15) is 12.0 Å². The van der Waals surface area contributed by atoms with E-state index >= 15 is 0 Å². The molecule has 10 heteroatoms. The van der Waals surface area contributed by atoms with Gasteiger partial charge < -0.3 is 4.98 Å². The number of rotatable bonds is 5. The molecule has 38 heavy (non-hydrogen) atoms. The van der Waals surface area contributed by atoms with E-state index in [0.717, 1.165) is 61.3 Å². The van der Waals surface area contributed by atoms with Gasteiger partial charge in [0.05, 0.1) is 47.1 Å². The van der Waals surface area contributed by atoms with Crippen molar-refractivity contribution < 1.29 is 8.78 Å². The topological polar surface area (TPSA) is 99.3 Å². The van der Waals surface area contributed by atoms with Gasteiger partial charge in [-0.25, -0.2) is 8.78 Å². The molecule has 6 aromatic heterocycles. The summed E-state index contributed by atoms with van der Waals surface area (Å²) in [5.41, 5.74) is 7.50. The Labute approximate surface area is 215 Å². The molecule has 0 bridgehead atoms. The summed E-state index contributed by atoms with van der Waals surface area (Å²) in [7, 11) is 0. The summed E-state index contributed by atoms with van der Waals surface area (Å²) >= 11 is 0. The normalized spacial score (nSPS) is 15.5. The number of hydrogen-bond donors (Lipinski definition) is 2. The molecular formula is C28H22F2N8. The summed E-state index contributed by atoms with van der Waals surface area (Å²) in [5.74, 6) is -2.62. The number of nitrogens with one attached hydrogen (secondary N) is 2. The molecule has 1 aliphatic rings. The van der Waals surface area contributed by atoms with Crippen LogP contribution in [0.5, 0.6) is 0 Å². The van der Waals surface area contributed by atoms with Crippen LogP contribution in [0.25, 0.3) is 55.7 Å². The zero-order valence-corrected chi connectivity index (χ0v) is 20.2. The quantitative estimate of drug-likeness (QED) is 0.321. The Morgan fingerprint density at radius 2 is 1.82 bits per heavy atom. The number of alkyl halides is 2. The van der Waals surface area contributed by atoms with Crippen LogP contribution in [0, 0.1) is 0 Å². The molecule has 0 atom stereocenters. The predicted octanol–water partition coefficient (Wildman–Crippen LogP) is 5.47. The van der Waals surface area contributed by atoms with E-state index in [1.165, 1.54) is 0 Å². The van der Waals surface area contributed by atoms with E-state index in [1.807, 2.05) is 36.5 Å². The second kappa shape index (κ2) is 8.77. The highest BCUT2D eigenvalue weighted by Gasteiger charge is 2.37. The summed E-state index contributed by atoms with van der Waals surface area (Å²) in [6, 6.07) is 11.8. The fraction of sp³-hybridized carbons (Fsp3) is 0.179. The van der Waals surface area contributed by atoms with Crippen molar-refractivity contribution in [2.24, 2.45) is 0 Å². The minimum atomic E-state index is -2.62. The Morgan fingerprint density at radius 1 is 0.895 bits per heavy atom. The summed E-state index contributed by atoms with van der Waals surface area (Å²) in [4.78, 5) is 23.0. The van der Waals surface area contributed by atoms with Gasteiger partial charge in [-0.2, -0.15) is 5.10 Å². The third-order valence-electron chi connectivity index (χ3n) is 6.93. The summed E-state index contributed by atoms with van der Waals surface area (Å²) in [6.45, 7) is 0.584. The molecule has 0 aromatic carbocycles. The second-order valence-corrected chi connectivity index (χ2v) is 9.63. The van der Waals surface area contributed by atoms with E-state index in [1.54, 1.807) is 35.9 Å². The molecule has 1 fully saturated rings. The summed E-state index contributed by atoms with van der Waals surface area (Å²) in [5, 5.41) is 9.55. The van der Waals surface area contributed by atoms with Gasteiger partial charge in [0.1, 0.15) is 5.69 Å². The molecule has 8 nitrogen and oxygen atoms in total. The molecule has 188 valence electrons. The van der Waals surface area contributed by atoms with E-state index in [0.29, 0.717) is 13.1 Å². The van der Waals surface area contributed by atoms with E-state index in [2.05, 4.69) is 41.2 Å². The fourth-order valence-electron chi connectivity index (χ4n) is 5.10. The number of H-pyrrole nitrogens is 2. The van der Waals surface area contributed by atoms with Crippen molar-refractivity contribution in [3.8, 4) is 33.9 Å². The first-order chi connectivity index (χ1) is 18.5. The van der Waals surface area contributed by atoms with Crippen molar-refractivity contribution in [2.75, 3.05) is 13.1 Å².